The highest BCUT2D eigenvalue weighted by atomic mass is 32.1. The lowest BCUT2D eigenvalue weighted by Crippen LogP contribution is -2.48. The molecule has 0 amide bonds. The summed E-state index contributed by atoms with van der Waals surface area (Å²) in [4.78, 5) is 16.9. The fraction of sp³-hybridized carbons (Fsp3) is 0.391. The zero-order chi connectivity index (χ0) is 21.0. The molecule has 2 N–H and O–H groups in total. The molecule has 3 rings (SSSR count). The number of nitrogens with two attached hydrogens (primary N) is 1. The summed E-state index contributed by atoms with van der Waals surface area (Å²) in [5.74, 6) is -0.156. The van der Waals surface area contributed by atoms with E-state index in [0.717, 1.165) is 42.9 Å². The number of anilines is 1. The predicted molar refractivity (Wildman–Crippen MR) is 122 cm³/mol. The molecule has 6 heteroatoms. The lowest BCUT2D eigenvalue weighted by atomic mass is 10.0. The van der Waals surface area contributed by atoms with Crippen LogP contribution in [0.5, 0.6) is 0 Å². The minimum Gasteiger partial charge on any atom is -0.459 e. The molecule has 0 bridgehead atoms. The van der Waals surface area contributed by atoms with Gasteiger partial charge in [-0.15, -0.1) is 0 Å². The number of carbonyl (C=O) groups is 1. The first-order valence-electron chi connectivity index (χ1n) is 9.91. The van der Waals surface area contributed by atoms with Crippen molar-refractivity contribution in [3.63, 3.8) is 0 Å². The summed E-state index contributed by atoms with van der Waals surface area (Å²) in [7, 11) is 0. The second-order valence-corrected chi connectivity index (χ2v) is 8.78. The Hall–Kier alpha value is -2.44. The second-order valence-electron chi connectivity index (χ2n) is 8.34. The molecule has 29 heavy (non-hydrogen) atoms. The van der Waals surface area contributed by atoms with Gasteiger partial charge in [-0.05, 0) is 44.0 Å². The molecular weight excluding hydrogens is 382 g/mol. The minimum absolute atomic E-state index is 0.156. The van der Waals surface area contributed by atoms with Gasteiger partial charge in [-0.25, -0.2) is 0 Å². The topological polar surface area (TPSA) is 58.8 Å². The zero-order valence-corrected chi connectivity index (χ0v) is 18.2. The second kappa shape index (κ2) is 8.93. The molecule has 1 heterocycles. The van der Waals surface area contributed by atoms with Crippen molar-refractivity contribution in [3.05, 3.63) is 54.1 Å². The molecule has 1 aliphatic rings. The van der Waals surface area contributed by atoms with E-state index in [-0.39, 0.29) is 5.97 Å². The van der Waals surface area contributed by atoms with Gasteiger partial charge in [0, 0.05) is 37.4 Å². The van der Waals surface area contributed by atoms with Crippen molar-refractivity contribution in [1.29, 1.82) is 0 Å². The molecule has 0 spiro atoms. The maximum Gasteiger partial charge on any atom is 0.320 e. The van der Waals surface area contributed by atoms with E-state index in [1.54, 1.807) is 0 Å². The third-order valence-corrected chi connectivity index (χ3v) is 5.12. The molecule has 0 unspecified atom stereocenters. The van der Waals surface area contributed by atoms with Gasteiger partial charge in [0.05, 0.1) is 6.54 Å². The van der Waals surface area contributed by atoms with Crippen LogP contribution in [0.4, 0.5) is 5.69 Å². The number of piperazine rings is 1. The summed E-state index contributed by atoms with van der Waals surface area (Å²) in [6.07, 6.45) is 0. The maximum atomic E-state index is 12.0. The third kappa shape index (κ3) is 6.02. The Morgan fingerprint density at radius 3 is 1.97 bits per heavy atom. The van der Waals surface area contributed by atoms with E-state index in [0.29, 0.717) is 11.5 Å². The van der Waals surface area contributed by atoms with E-state index < -0.39 is 5.60 Å². The van der Waals surface area contributed by atoms with Crippen molar-refractivity contribution in [2.24, 2.45) is 5.73 Å². The Morgan fingerprint density at radius 2 is 1.48 bits per heavy atom. The Bertz CT molecular complexity index is 849. The standard InChI is InChI=1S/C23H29N3O2S/c1-23(2,3)28-21(27)16-25-12-14-26(15-13-25)20-10-8-18(9-11-20)17-4-6-19(7-5-17)22(24)29/h4-11H,12-16H2,1-3H3,(H2,24,29). The fourth-order valence-corrected chi connectivity index (χ4v) is 3.55. The van der Waals surface area contributed by atoms with Gasteiger partial charge < -0.3 is 15.4 Å². The van der Waals surface area contributed by atoms with Gasteiger partial charge in [0.25, 0.3) is 0 Å². The molecule has 2 aromatic rings. The monoisotopic (exact) mass is 411 g/mol. The summed E-state index contributed by atoms with van der Waals surface area (Å²) in [5, 5.41) is 0. The molecular formula is C23H29N3O2S. The number of nitrogens with zero attached hydrogens (tertiary/aromatic N) is 2. The summed E-state index contributed by atoms with van der Waals surface area (Å²) >= 11 is 5.01. The van der Waals surface area contributed by atoms with Crippen LogP contribution >= 0.6 is 12.2 Å². The van der Waals surface area contributed by atoms with E-state index in [9.17, 15) is 4.79 Å². The Labute approximate surface area is 178 Å². The van der Waals surface area contributed by atoms with Crippen molar-refractivity contribution in [3.8, 4) is 11.1 Å². The van der Waals surface area contributed by atoms with Gasteiger partial charge in [0.1, 0.15) is 10.6 Å². The van der Waals surface area contributed by atoms with Crippen LogP contribution in [0.15, 0.2) is 48.5 Å². The number of rotatable bonds is 5. The van der Waals surface area contributed by atoms with E-state index in [2.05, 4.69) is 34.1 Å². The van der Waals surface area contributed by atoms with Crippen molar-refractivity contribution < 1.29 is 9.53 Å². The molecule has 0 aromatic heterocycles. The van der Waals surface area contributed by atoms with Gasteiger partial charge in [-0.1, -0.05) is 48.6 Å². The van der Waals surface area contributed by atoms with Crippen molar-refractivity contribution >= 4 is 28.9 Å². The highest BCUT2D eigenvalue weighted by Crippen LogP contribution is 2.24. The van der Waals surface area contributed by atoms with E-state index in [1.807, 2.05) is 45.0 Å². The van der Waals surface area contributed by atoms with Gasteiger partial charge in [-0.2, -0.15) is 0 Å². The summed E-state index contributed by atoms with van der Waals surface area (Å²) in [6, 6.07) is 16.6. The van der Waals surface area contributed by atoms with Gasteiger partial charge in [-0.3, -0.25) is 9.69 Å². The molecule has 0 radical (unpaired) electrons. The van der Waals surface area contributed by atoms with Crippen LogP contribution in [-0.2, 0) is 9.53 Å². The molecule has 1 aliphatic heterocycles. The maximum absolute atomic E-state index is 12.0. The minimum atomic E-state index is -0.433. The molecule has 1 saturated heterocycles. The smallest absolute Gasteiger partial charge is 0.320 e. The van der Waals surface area contributed by atoms with Gasteiger partial charge in [0.2, 0.25) is 0 Å². The van der Waals surface area contributed by atoms with Crippen LogP contribution < -0.4 is 10.6 Å². The van der Waals surface area contributed by atoms with Crippen LogP contribution in [0.2, 0.25) is 0 Å². The average Bonchev–Trinajstić information content (AvgIpc) is 2.67. The zero-order valence-electron chi connectivity index (χ0n) is 17.4. The lowest BCUT2D eigenvalue weighted by molar-refractivity contribution is -0.156. The Morgan fingerprint density at radius 1 is 0.966 bits per heavy atom. The van der Waals surface area contributed by atoms with Gasteiger partial charge >= 0.3 is 5.97 Å². The van der Waals surface area contributed by atoms with Crippen LogP contribution in [-0.4, -0.2) is 54.2 Å². The number of hydrogen-bond donors (Lipinski definition) is 1. The highest BCUT2D eigenvalue weighted by molar-refractivity contribution is 7.80. The van der Waals surface area contributed by atoms with Crippen molar-refractivity contribution in [1.82, 2.24) is 4.90 Å². The third-order valence-electron chi connectivity index (χ3n) is 4.88. The fourth-order valence-electron chi connectivity index (χ4n) is 3.41. The molecule has 154 valence electrons. The first-order chi connectivity index (χ1) is 13.7. The molecule has 0 saturated carbocycles. The van der Waals surface area contributed by atoms with E-state index in [4.69, 9.17) is 22.7 Å². The summed E-state index contributed by atoms with van der Waals surface area (Å²) in [5.41, 5.74) is 9.61. The number of thiocarbonyl (C=S) groups is 1. The molecule has 2 aromatic carbocycles. The average molecular weight is 412 g/mol. The molecule has 0 atom stereocenters. The van der Waals surface area contributed by atoms with Crippen LogP contribution in [0.3, 0.4) is 0 Å². The largest absolute Gasteiger partial charge is 0.459 e. The molecule has 0 aliphatic carbocycles. The number of ether oxygens (including phenoxy) is 1. The lowest BCUT2D eigenvalue weighted by Gasteiger charge is -2.36. The number of esters is 1. The summed E-state index contributed by atoms with van der Waals surface area (Å²) in [6.45, 7) is 9.53. The number of hydrogen-bond acceptors (Lipinski definition) is 5. The number of carbonyl (C=O) groups excluding carboxylic acids is 1. The number of benzene rings is 2. The first kappa shape index (κ1) is 21.3. The normalized spacial score (nSPS) is 15.2. The van der Waals surface area contributed by atoms with Crippen molar-refractivity contribution in [2.75, 3.05) is 37.6 Å². The quantitative estimate of drug-likeness (QED) is 0.601. The molecule has 1 fully saturated rings. The van der Waals surface area contributed by atoms with Gasteiger partial charge in [0.15, 0.2) is 0 Å². The van der Waals surface area contributed by atoms with Crippen molar-refractivity contribution in [2.45, 2.75) is 26.4 Å². The molecule has 5 nitrogen and oxygen atoms in total. The first-order valence-corrected chi connectivity index (χ1v) is 10.3. The van der Waals surface area contributed by atoms with E-state index in [1.165, 1.54) is 5.69 Å². The van der Waals surface area contributed by atoms with Crippen LogP contribution in [0, 0.1) is 0 Å². The highest BCUT2D eigenvalue weighted by Gasteiger charge is 2.22. The van der Waals surface area contributed by atoms with Crippen LogP contribution in [0.1, 0.15) is 26.3 Å². The Balaban J connectivity index is 1.55. The SMILES string of the molecule is CC(C)(C)OC(=O)CN1CCN(c2ccc(-c3ccc(C(N)=S)cc3)cc2)CC1. The Kier molecular flexibility index (Phi) is 6.55. The van der Waals surface area contributed by atoms with Crippen LogP contribution in [0.25, 0.3) is 11.1 Å². The van der Waals surface area contributed by atoms with E-state index >= 15 is 0 Å². The summed E-state index contributed by atoms with van der Waals surface area (Å²) < 4.78 is 5.42. The predicted octanol–water partition coefficient (Wildman–Crippen LogP) is 3.45.